The molecule has 0 unspecified atom stereocenters. The van der Waals surface area contributed by atoms with Crippen molar-refractivity contribution in [2.45, 2.75) is 111 Å². The molecule has 0 aliphatic heterocycles. The zero-order chi connectivity index (χ0) is 20.1. The third-order valence-electron chi connectivity index (χ3n) is 5.71. The van der Waals surface area contributed by atoms with Crippen molar-refractivity contribution in [3.8, 4) is 0 Å². The Morgan fingerprint density at radius 1 is 0.808 bits per heavy atom. The molecule has 0 saturated heterocycles. The van der Waals surface area contributed by atoms with Gasteiger partial charge in [-0.2, -0.15) is 0 Å². The molecule has 26 heavy (non-hydrogen) atoms. The van der Waals surface area contributed by atoms with Crippen molar-refractivity contribution in [3.63, 3.8) is 0 Å². The lowest BCUT2D eigenvalue weighted by Crippen LogP contribution is -2.41. The third kappa shape index (κ3) is 13.6. The highest BCUT2D eigenvalue weighted by Crippen LogP contribution is 2.15. The Labute approximate surface area is 163 Å². The van der Waals surface area contributed by atoms with Crippen LogP contribution in [0.15, 0.2) is 0 Å². The van der Waals surface area contributed by atoms with Gasteiger partial charge in [0.25, 0.3) is 0 Å². The molecule has 0 aromatic heterocycles. The second kappa shape index (κ2) is 13.5. The van der Waals surface area contributed by atoms with Gasteiger partial charge in [-0.25, -0.2) is 0 Å². The van der Waals surface area contributed by atoms with E-state index in [0.29, 0.717) is 12.3 Å². The normalized spacial score (nSPS) is 12.6. The third-order valence-corrected chi connectivity index (χ3v) is 5.71. The largest absolute Gasteiger partial charge is 0.356 e. The van der Waals surface area contributed by atoms with Gasteiger partial charge in [0.1, 0.15) is 0 Å². The number of carbonyl (C=O) groups excluding carboxylic acids is 1. The van der Waals surface area contributed by atoms with Crippen LogP contribution in [0.3, 0.4) is 0 Å². The lowest BCUT2D eigenvalue weighted by molar-refractivity contribution is -0.121. The Kier molecular flexibility index (Phi) is 13.2. The highest BCUT2D eigenvalue weighted by molar-refractivity contribution is 5.75. The molecule has 0 rings (SSSR count). The van der Waals surface area contributed by atoms with E-state index in [4.69, 9.17) is 0 Å². The van der Waals surface area contributed by atoms with Gasteiger partial charge < -0.3 is 16.0 Å². The molecule has 0 aromatic carbocycles. The van der Waals surface area contributed by atoms with Gasteiger partial charge in [-0.15, -0.1) is 0 Å². The van der Waals surface area contributed by atoms with Crippen LogP contribution in [0.2, 0.25) is 0 Å². The van der Waals surface area contributed by atoms with E-state index < -0.39 is 0 Å². The molecule has 4 heteroatoms. The minimum absolute atomic E-state index is 0.209. The van der Waals surface area contributed by atoms with E-state index in [1.807, 2.05) is 0 Å². The summed E-state index contributed by atoms with van der Waals surface area (Å²) in [6.07, 6.45) is 8.41. The van der Waals surface area contributed by atoms with Crippen LogP contribution in [-0.2, 0) is 4.79 Å². The summed E-state index contributed by atoms with van der Waals surface area (Å²) >= 11 is 0. The standard InChI is InChI=1S/C22H47N3O/c1-8-11-12-20(26)23-16-13-19(14-17-24-21(4,5)9-2)15-18-25-22(6,7)10-3/h19,24-25H,8-18H2,1-7H3,(H,23,26). The van der Waals surface area contributed by atoms with Crippen molar-refractivity contribution >= 4 is 5.91 Å². The number of nitrogens with one attached hydrogen (secondary N) is 3. The molecule has 0 spiro atoms. The summed E-state index contributed by atoms with van der Waals surface area (Å²) in [7, 11) is 0. The molecule has 0 aromatic rings. The van der Waals surface area contributed by atoms with Gasteiger partial charge >= 0.3 is 0 Å². The highest BCUT2D eigenvalue weighted by Gasteiger charge is 2.17. The smallest absolute Gasteiger partial charge is 0.219 e. The zero-order valence-electron chi connectivity index (χ0n) is 18.8. The van der Waals surface area contributed by atoms with Gasteiger partial charge in [0.2, 0.25) is 5.91 Å². The number of carbonyl (C=O) groups is 1. The topological polar surface area (TPSA) is 53.2 Å². The Balaban J connectivity index is 4.32. The van der Waals surface area contributed by atoms with Crippen molar-refractivity contribution in [2.24, 2.45) is 5.92 Å². The molecule has 0 bridgehead atoms. The monoisotopic (exact) mass is 369 g/mol. The van der Waals surface area contributed by atoms with Crippen molar-refractivity contribution in [3.05, 3.63) is 0 Å². The first-order valence-corrected chi connectivity index (χ1v) is 10.9. The van der Waals surface area contributed by atoms with Crippen LogP contribution in [-0.4, -0.2) is 36.6 Å². The summed E-state index contributed by atoms with van der Waals surface area (Å²) in [6, 6.07) is 0. The van der Waals surface area contributed by atoms with E-state index in [1.54, 1.807) is 0 Å². The van der Waals surface area contributed by atoms with Crippen molar-refractivity contribution in [2.75, 3.05) is 19.6 Å². The predicted octanol–water partition coefficient (Wildman–Crippen LogP) is 4.64. The average molecular weight is 370 g/mol. The molecule has 0 aliphatic carbocycles. The lowest BCUT2D eigenvalue weighted by Gasteiger charge is -2.28. The van der Waals surface area contributed by atoms with Crippen molar-refractivity contribution < 1.29 is 4.79 Å². The number of unbranched alkanes of at least 4 members (excludes halogenated alkanes) is 1. The van der Waals surface area contributed by atoms with Gasteiger partial charge in [0.05, 0.1) is 0 Å². The summed E-state index contributed by atoms with van der Waals surface area (Å²) in [5.41, 5.74) is 0.419. The summed E-state index contributed by atoms with van der Waals surface area (Å²) in [6.45, 7) is 18.5. The number of hydrogen-bond acceptors (Lipinski definition) is 3. The van der Waals surface area contributed by atoms with E-state index in [-0.39, 0.29) is 17.0 Å². The molecule has 0 fully saturated rings. The molecule has 0 heterocycles. The number of rotatable bonds is 16. The maximum atomic E-state index is 11.8. The van der Waals surface area contributed by atoms with E-state index in [1.165, 1.54) is 12.8 Å². The molecular weight excluding hydrogens is 322 g/mol. The first-order chi connectivity index (χ1) is 12.2. The fourth-order valence-corrected chi connectivity index (χ4v) is 2.75. The molecule has 156 valence electrons. The number of hydrogen-bond donors (Lipinski definition) is 3. The van der Waals surface area contributed by atoms with Crippen LogP contribution in [0.4, 0.5) is 0 Å². The molecule has 0 atom stereocenters. The second-order valence-electron chi connectivity index (χ2n) is 9.01. The van der Waals surface area contributed by atoms with E-state index >= 15 is 0 Å². The van der Waals surface area contributed by atoms with Gasteiger partial charge in [0.15, 0.2) is 0 Å². The highest BCUT2D eigenvalue weighted by atomic mass is 16.1. The van der Waals surface area contributed by atoms with Crippen LogP contribution in [0.1, 0.15) is 99.8 Å². The van der Waals surface area contributed by atoms with Crippen molar-refractivity contribution in [1.29, 1.82) is 0 Å². The minimum Gasteiger partial charge on any atom is -0.356 e. The fourth-order valence-electron chi connectivity index (χ4n) is 2.75. The molecule has 0 saturated carbocycles. The molecule has 0 radical (unpaired) electrons. The maximum Gasteiger partial charge on any atom is 0.219 e. The summed E-state index contributed by atoms with van der Waals surface area (Å²) in [5, 5.41) is 10.5. The molecule has 0 aliphatic rings. The molecule has 1 amide bonds. The second-order valence-corrected chi connectivity index (χ2v) is 9.01. The predicted molar refractivity (Wildman–Crippen MR) is 115 cm³/mol. The quantitative estimate of drug-likeness (QED) is 0.372. The number of amides is 1. The molecule has 4 nitrogen and oxygen atoms in total. The lowest BCUT2D eigenvalue weighted by atomic mass is 9.94. The van der Waals surface area contributed by atoms with E-state index in [9.17, 15) is 4.79 Å². The summed E-state index contributed by atoms with van der Waals surface area (Å²) in [4.78, 5) is 11.8. The van der Waals surface area contributed by atoms with Gasteiger partial charge in [0, 0.05) is 24.0 Å². The summed E-state index contributed by atoms with van der Waals surface area (Å²) < 4.78 is 0. The first kappa shape index (κ1) is 25.4. The maximum absolute atomic E-state index is 11.8. The molecular formula is C22H47N3O. The van der Waals surface area contributed by atoms with Crippen LogP contribution in [0.5, 0.6) is 0 Å². The summed E-state index contributed by atoms with van der Waals surface area (Å²) in [5.74, 6) is 0.850. The average Bonchev–Trinajstić information content (AvgIpc) is 2.59. The van der Waals surface area contributed by atoms with Crippen LogP contribution in [0.25, 0.3) is 0 Å². The van der Waals surface area contributed by atoms with Gasteiger partial charge in [-0.1, -0.05) is 27.2 Å². The fraction of sp³-hybridized carbons (Fsp3) is 0.955. The van der Waals surface area contributed by atoms with E-state index in [2.05, 4.69) is 64.4 Å². The Morgan fingerprint density at radius 3 is 1.69 bits per heavy atom. The first-order valence-electron chi connectivity index (χ1n) is 10.9. The van der Waals surface area contributed by atoms with Gasteiger partial charge in [-0.05, 0) is 85.2 Å². The zero-order valence-corrected chi connectivity index (χ0v) is 18.8. The minimum atomic E-state index is 0.209. The van der Waals surface area contributed by atoms with Crippen LogP contribution >= 0.6 is 0 Å². The Hall–Kier alpha value is -0.610. The Morgan fingerprint density at radius 2 is 1.27 bits per heavy atom. The van der Waals surface area contributed by atoms with Crippen molar-refractivity contribution in [1.82, 2.24) is 16.0 Å². The van der Waals surface area contributed by atoms with Gasteiger partial charge in [-0.3, -0.25) is 4.79 Å². The van der Waals surface area contributed by atoms with Crippen LogP contribution in [0, 0.1) is 5.92 Å². The Bertz CT molecular complexity index is 344. The molecule has 3 N–H and O–H groups in total. The van der Waals surface area contributed by atoms with Crippen LogP contribution < -0.4 is 16.0 Å². The van der Waals surface area contributed by atoms with E-state index in [0.717, 1.165) is 51.7 Å². The SMILES string of the molecule is CCCCC(=O)NCCC(CCNC(C)(C)CC)CCNC(C)(C)CC.